The number of aromatic nitrogens is 2. The first-order valence-corrected chi connectivity index (χ1v) is 6.44. The molecule has 0 saturated heterocycles. The first-order chi connectivity index (χ1) is 9.25. The molecular formula is C15H17N4+. The van der Waals surface area contributed by atoms with E-state index in [0.717, 1.165) is 12.2 Å². The van der Waals surface area contributed by atoms with Gasteiger partial charge in [0.25, 0.3) is 0 Å². The lowest BCUT2D eigenvalue weighted by Crippen LogP contribution is -2.37. The van der Waals surface area contributed by atoms with E-state index in [4.69, 9.17) is 0 Å². The van der Waals surface area contributed by atoms with Gasteiger partial charge in [-0.25, -0.2) is 0 Å². The molecule has 4 heteroatoms. The molecule has 1 atom stereocenters. The second-order valence-corrected chi connectivity index (χ2v) is 4.81. The first-order valence-electron chi connectivity index (χ1n) is 6.44. The van der Waals surface area contributed by atoms with Gasteiger partial charge in [0.1, 0.15) is 17.4 Å². The van der Waals surface area contributed by atoms with Crippen LogP contribution in [0.5, 0.6) is 0 Å². The quantitative estimate of drug-likeness (QED) is 0.769. The third-order valence-corrected chi connectivity index (χ3v) is 3.53. The van der Waals surface area contributed by atoms with Crippen molar-refractivity contribution in [3.05, 3.63) is 48.5 Å². The van der Waals surface area contributed by atoms with Crippen LogP contribution in [0.2, 0.25) is 0 Å². The number of hydrogen-bond acceptors (Lipinski definition) is 3. The summed E-state index contributed by atoms with van der Waals surface area (Å²) in [6.45, 7) is 2.95. The largest absolute Gasteiger partial charge is 0.357 e. The average molecular weight is 253 g/mol. The van der Waals surface area contributed by atoms with E-state index < -0.39 is 0 Å². The summed E-state index contributed by atoms with van der Waals surface area (Å²) in [4.78, 5) is 10.8. The lowest BCUT2D eigenvalue weighted by Gasteiger charge is -2.27. The van der Waals surface area contributed by atoms with Gasteiger partial charge in [-0.1, -0.05) is 12.1 Å². The minimum absolute atomic E-state index is 0.367. The molecule has 1 aromatic heterocycles. The zero-order chi connectivity index (χ0) is 13.2. The Balaban J connectivity index is 1.99. The smallest absolute Gasteiger partial charge is 0.228 e. The molecule has 96 valence electrons. The van der Waals surface area contributed by atoms with Crippen molar-refractivity contribution in [3.8, 4) is 0 Å². The summed E-state index contributed by atoms with van der Waals surface area (Å²) in [6.07, 6.45) is 7.49. The van der Waals surface area contributed by atoms with Gasteiger partial charge >= 0.3 is 0 Å². The van der Waals surface area contributed by atoms with E-state index in [0.29, 0.717) is 6.04 Å². The second kappa shape index (κ2) is 4.80. The van der Waals surface area contributed by atoms with Gasteiger partial charge in [-0.05, 0) is 13.0 Å². The number of hydrogen-bond donors (Lipinski definition) is 0. The highest BCUT2D eigenvalue weighted by Crippen LogP contribution is 2.31. The zero-order valence-corrected chi connectivity index (χ0v) is 11.2. The van der Waals surface area contributed by atoms with Gasteiger partial charge in [0.2, 0.25) is 5.69 Å². The van der Waals surface area contributed by atoms with Crippen molar-refractivity contribution in [2.45, 2.75) is 19.5 Å². The summed E-state index contributed by atoms with van der Waals surface area (Å²) in [6, 6.07) is 8.81. The van der Waals surface area contributed by atoms with E-state index in [1.807, 2.05) is 6.20 Å². The number of rotatable bonds is 2. The number of benzene rings is 1. The molecule has 1 aliphatic rings. The van der Waals surface area contributed by atoms with E-state index in [2.05, 4.69) is 63.9 Å². The van der Waals surface area contributed by atoms with Gasteiger partial charge in [0.15, 0.2) is 12.8 Å². The predicted octanol–water partition coefficient (Wildman–Crippen LogP) is 2.23. The van der Waals surface area contributed by atoms with E-state index in [9.17, 15) is 0 Å². The molecule has 0 radical (unpaired) electrons. The van der Waals surface area contributed by atoms with Crippen molar-refractivity contribution in [1.82, 2.24) is 9.97 Å². The number of fused-ring (bicyclic) bond motifs is 1. The van der Waals surface area contributed by atoms with E-state index in [1.165, 1.54) is 11.4 Å². The van der Waals surface area contributed by atoms with Crippen molar-refractivity contribution < 1.29 is 4.58 Å². The van der Waals surface area contributed by atoms with Crippen LogP contribution in [0.3, 0.4) is 0 Å². The fraction of sp³-hybridized carbons (Fsp3) is 0.267. The molecule has 1 unspecified atom stereocenters. The normalized spacial score (nSPS) is 17.9. The molecule has 0 spiro atoms. The van der Waals surface area contributed by atoms with Gasteiger partial charge in [0, 0.05) is 25.5 Å². The molecule has 2 aromatic rings. The summed E-state index contributed by atoms with van der Waals surface area (Å²) < 4.78 is 2.25. The lowest BCUT2D eigenvalue weighted by atomic mass is 10.1. The number of para-hydroxylation sites is 2. The van der Waals surface area contributed by atoms with Crippen LogP contribution in [-0.4, -0.2) is 33.8 Å². The van der Waals surface area contributed by atoms with Crippen LogP contribution >= 0.6 is 0 Å². The molecule has 0 aliphatic carbocycles. The molecule has 0 amide bonds. The number of nitrogens with zero attached hydrogens (tertiary/aromatic N) is 4. The third-order valence-electron chi connectivity index (χ3n) is 3.53. The van der Waals surface area contributed by atoms with Crippen LogP contribution in [-0.2, 0) is 6.54 Å². The standard InChI is InChI=1S/C15H17N4/c1-12-10-19(11-13-9-16-7-8-17-13)15-6-4-3-5-14(15)18(12)2/h3-10,12H,11H2,1-2H3/q+1. The molecule has 2 heterocycles. The first kappa shape index (κ1) is 11.8. The SMILES string of the molecule is CC1C=[N+](Cc2cnccn2)c2ccccc2N1C. The molecule has 0 N–H and O–H groups in total. The fourth-order valence-electron chi connectivity index (χ4n) is 2.39. The molecule has 3 rings (SSSR count). The minimum Gasteiger partial charge on any atom is -0.357 e. The molecule has 4 nitrogen and oxygen atoms in total. The molecule has 0 saturated carbocycles. The Morgan fingerprint density at radius 1 is 1.26 bits per heavy atom. The van der Waals surface area contributed by atoms with Crippen LogP contribution in [0.25, 0.3) is 0 Å². The Morgan fingerprint density at radius 3 is 2.89 bits per heavy atom. The van der Waals surface area contributed by atoms with Gasteiger partial charge in [0.05, 0.1) is 6.20 Å². The summed E-state index contributed by atoms with van der Waals surface area (Å²) in [5, 5.41) is 0. The maximum absolute atomic E-state index is 4.35. The Kier molecular flexibility index (Phi) is 2.99. The van der Waals surface area contributed by atoms with Gasteiger partial charge in [-0.15, -0.1) is 0 Å². The summed E-state index contributed by atoms with van der Waals surface area (Å²) in [7, 11) is 2.12. The number of anilines is 1. The summed E-state index contributed by atoms with van der Waals surface area (Å²) >= 11 is 0. The van der Waals surface area contributed by atoms with Gasteiger partial charge < -0.3 is 4.90 Å². The predicted molar refractivity (Wildman–Crippen MR) is 76.0 cm³/mol. The summed E-state index contributed by atoms with van der Waals surface area (Å²) in [5.41, 5.74) is 3.44. The summed E-state index contributed by atoms with van der Waals surface area (Å²) in [5.74, 6) is 0. The van der Waals surface area contributed by atoms with Crippen LogP contribution in [0.1, 0.15) is 12.6 Å². The highest BCUT2D eigenvalue weighted by molar-refractivity contribution is 5.76. The topological polar surface area (TPSA) is 32.0 Å². The van der Waals surface area contributed by atoms with Crippen molar-refractivity contribution >= 4 is 17.6 Å². The van der Waals surface area contributed by atoms with Crippen molar-refractivity contribution in [1.29, 1.82) is 0 Å². The molecular weight excluding hydrogens is 236 g/mol. The van der Waals surface area contributed by atoms with Gasteiger partial charge in [-0.3, -0.25) is 9.97 Å². The molecule has 0 fully saturated rings. The zero-order valence-electron chi connectivity index (χ0n) is 11.2. The molecule has 19 heavy (non-hydrogen) atoms. The lowest BCUT2D eigenvalue weighted by molar-refractivity contribution is -0.456. The van der Waals surface area contributed by atoms with Crippen molar-refractivity contribution in [2.24, 2.45) is 0 Å². The minimum atomic E-state index is 0.367. The van der Waals surface area contributed by atoms with Crippen LogP contribution < -0.4 is 4.90 Å². The second-order valence-electron chi connectivity index (χ2n) is 4.81. The van der Waals surface area contributed by atoms with E-state index in [-0.39, 0.29) is 0 Å². The van der Waals surface area contributed by atoms with Crippen molar-refractivity contribution in [3.63, 3.8) is 0 Å². The van der Waals surface area contributed by atoms with Crippen LogP contribution in [0, 0.1) is 0 Å². The Hall–Kier alpha value is -2.23. The Labute approximate surface area is 113 Å². The fourth-order valence-corrected chi connectivity index (χ4v) is 2.39. The van der Waals surface area contributed by atoms with Gasteiger partial charge in [-0.2, -0.15) is 4.58 Å². The van der Waals surface area contributed by atoms with Crippen molar-refractivity contribution in [2.75, 3.05) is 11.9 Å². The highest BCUT2D eigenvalue weighted by Gasteiger charge is 2.27. The van der Waals surface area contributed by atoms with Crippen LogP contribution in [0.15, 0.2) is 42.9 Å². The van der Waals surface area contributed by atoms with E-state index >= 15 is 0 Å². The average Bonchev–Trinajstić information content (AvgIpc) is 2.46. The monoisotopic (exact) mass is 253 g/mol. The Bertz CT molecular complexity index is 607. The molecule has 1 aromatic carbocycles. The third kappa shape index (κ3) is 2.21. The molecule has 1 aliphatic heterocycles. The van der Waals surface area contributed by atoms with E-state index in [1.54, 1.807) is 12.4 Å². The maximum atomic E-state index is 4.35. The highest BCUT2D eigenvalue weighted by atomic mass is 15.2. The molecule has 0 bridgehead atoms. The Morgan fingerprint density at radius 2 is 2.11 bits per heavy atom. The maximum Gasteiger partial charge on any atom is 0.228 e. The van der Waals surface area contributed by atoms with Crippen LogP contribution in [0.4, 0.5) is 11.4 Å².